The van der Waals surface area contributed by atoms with E-state index in [2.05, 4.69) is 9.88 Å². The molecule has 0 unspecified atom stereocenters. The number of rotatable bonds is 3. The summed E-state index contributed by atoms with van der Waals surface area (Å²) in [6, 6.07) is 1.57. The molecular formula is C13H19N3O3. The number of H-pyrrole nitrogens is 1. The summed E-state index contributed by atoms with van der Waals surface area (Å²) in [5.74, 6) is 0.447. The lowest BCUT2D eigenvalue weighted by Gasteiger charge is -2.34. The molecule has 0 radical (unpaired) electrons. The van der Waals surface area contributed by atoms with Crippen LogP contribution in [0.1, 0.15) is 12.6 Å². The minimum absolute atomic E-state index is 0.112. The first kappa shape index (κ1) is 13.6. The third kappa shape index (κ3) is 3.35. The lowest BCUT2D eigenvalue weighted by Crippen LogP contribution is -2.47. The molecule has 6 nitrogen and oxygen atoms in total. The Bertz CT molecular complexity index is 504. The van der Waals surface area contributed by atoms with Gasteiger partial charge in [0, 0.05) is 57.6 Å². The van der Waals surface area contributed by atoms with Crippen molar-refractivity contribution in [3.05, 3.63) is 28.2 Å². The average Bonchev–Trinajstić information content (AvgIpc) is 2.39. The second-order valence-corrected chi connectivity index (χ2v) is 4.67. The second-order valence-electron chi connectivity index (χ2n) is 4.67. The number of hydrogen-bond acceptors (Lipinski definition) is 4. The molecule has 1 amide bonds. The number of nitrogens with one attached hydrogen (secondary N) is 1. The molecule has 0 aromatic carbocycles. The minimum atomic E-state index is -0.112. The number of methoxy groups -OCH3 is 1. The first-order chi connectivity index (χ1) is 9.10. The third-order valence-electron chi connectivity index (χ3n) is 3.37. The van der Waals surface area contributed by atoms with E-state index in [1.807, 2.05) is 4.90 Å². The van der Waals surface area contributed by atoms with Crippen LogP contribution in [0.3, 0.4) is 0 Å². The Morgan fingerprint density at radius 2 is 2.05 bits per heavy atom. The molecule has 2 heterocycles. The fourth-order valence-electron chi connectivity index (χ4n) is 2.21. The first-order valence-corrected chi connectivity index (χ1v) is 6.33. The number of ether oxygens (including phenoxy) is 1. The highest BCUT2D eigenvalue weighted by atomic mass is 16.5. The average molecular weight is 265 g/mol. The van der Waals surface area contributed by atoms with Crippen molar-refractivity contribution in [2.24, 2.45) is 0 Å². The fraction of sp³-hybridized carbons (Fsp3) is 0.538. The van der Waals surface area contributed by atoms with Crippen LogP contribution < -0.4 is 10.2 Å². The smallest absolute Gasteiger partial charge is 0.223 e. The van der Waals surface area contributed by atoms with E-state index in [0.717, 1.165) is 31.9 Å². The Morgan fingerprint density at radius 3 is 2.58 bits per heavy atom. The number of pyridine rings is 1. The molecule has 1 aromatic heterocycles. The lowest BCUT2D eigenvalue weighted by molar-refractivity contribution is -0.130. The highest BCUT2D eigenvalue weighted by Crippen LogP contribution is 2.07. The Morgan fingerprint density at radius 1 is 1.37 bits per heavy atom. The van der Waals surface area contributed by atoms with Gasteiger partial charge in [-0.25, -0.2) is 0 Å². The number of hydrogen-bond donors (Lipinski definition) is 1. The van der Waals surface area contributed by atoms with Crippen molar-refractivity contribution in [1.29, 1.82) is 0 Å². The predicted molar refractivity (Wildman–Crippen MR) is 71.1 cm³/mol. The molecule has 1 aliphatic heterocycles. The zero-order chi connectivity index (χ0) is 13.8. The molecule has 0 aliphatic carbocycles. The highest BCUT2D eigenvalue weighted by molar-refractivity contribution is 5.73. The number of aromatic amines is 1. The van der Waals surface area contributed by atoms with Gasteiger partial charge in [0.25, 0.3) is 0 Å². The molecule has 104 valence electrons. The number of piperazine rings is 1. The molecular weight excluding hydrogens is 246 g/mol. The van der Waals surface area contributed by atoms with Crippen LogP contribution in [0.5, 0.6) is 5.75 Å². The lowest BCUT2D eigenvalue weighted by atomic mass is 10.2. The van der Waals surface area contributed by atoms with E-state index < -0.39 is 0 Å². The summed E-state index contributed by atoms with van der Waals surface area (Å²) in [5, 5.41) is 0. The second kappa shape index (κ2) is 5.88. The van der Waals surface area contributed by atoms with Crippen LogP contribution >= 0.6 is 0 Å². The van der Waals surface area contributed by atoms with Crippen molar-refractivity contribution in [3.63, 3.8) is 0 Å². The molecule has 0 atom stereocenters. The normalized spacial score (nSPS) is 16.4. The summed E-state index contributed by atoms with van der Waals surface area (Å²) in [5.41, 5.74) is 0.751. The molecule has 1 N–H and O–H groups in total. The van der Waals surface area contributed by atoms with Gasteiger partial charge >= 0.3 is 0 Å². The van der Waals surface area contributed by atoms with Crippen LogP contribution in [-0.4, -0.2) is 54.0 Å². The van der Waals surface area contributed by atoms with Crippen molar-refractivity contribution < 1.29 is 9.53 Å². The minimum Gasteiger partial charge on any atom is -0.491 e. The van der Waals surface area contributed by atoms with Gasteiger partial charge in [-0.1, -0.05) is 0 Å². The molecule has 0 bridgehead atoms. The molecule has 0 spiro atoms. The number of aromatic nitrogens is 1. The van der Waals surface area contributed by atoms with E-state index in [4.69, 9.17) is 4.74 Å². The Hall–Kier alpha value is -1.82. The molecule has 19 heavy (non-hydrogen) atoms. The molecule has 2 rings (SSSR count). The van der Waals surface area contributed by atoms with E-state index in [9.17, 15) is 9.59 Å². The topological polar surface area (TPSA) is 65.6 Å². The molecule has 1 aliphatic rings. The highest BCUT2D eigenvalue weighted by Gasteiger charge is 2.18. The summed E-state index contributed by atoms with van der Waals surface area (Å²) < 4.78 is 4.93. The Labute approximate surface area is 112 Å². The van der Waals surface area contributed by atoms with Crippen molar-refractivity contribution in [2.75, 3.05) is 33.3 Å². The van der Waals surface area contributed by atoms with Gasteiger partial charge in [0.1, 0.15) is 0 Å². The van der Waals surface area contributed by atoms with Gasteiger partial charge in [0.15, 0.2) is 5.75 Å². The van der Waals surface area contributed by atoms with Crippen LogP contribution in [0.4, 0.5) is 0 Å². The SMILES string of the molecule is COc1c[nH]c(CN2CCN(C(C)=O)CC2)cc1=O. The predicted octanol–water partition coefficient (Wildman–Crippen LogP) is 0.0476. The molecule has 1 aromatic rings. The fourth-order valence-corrected chi connectivity index (χ4v) is 2.21. The van der Waals surface area contributed by atoms with Crippen LogP contribution in [0.15, 0.2) is 17.1 Å². The molecule has 1 fully saturated rings. The van der Waals surface area contributed by atoms with Crippen LogP contribution in [0.25, 0.3) is 0 Å². The molecule has 0 saturated carbocycles. The molecule has 6 heteroatoms. The van der Waals surface area contributed by atoms with E-state index in [1.54, 1.807) is 19.2 Å². The summed E-state index contributed by atoms with van der Waals surface area (Å²) in [7, 11) is 1.48. The molecule has 1 saturated heterocycles. The summed E-state index contributed by atoms with van der Waals surface area (Å²) >= 11 is 0. The summed E-state index contributed by atoms with van der Waals surface area (Å²) in [4.78, 5) is 30.0. The zero-order valence-corrected chi connectivity index (χ0v) is 11.3. The largest absolute Gasteiger partial charge is 0.491 e. The van der Waals surface area contributed by atoms with Crippen LogP contribution in [0.2, 0.25) is 0 Å². The summed E-state index contributed by atoms with van der Waals surface area (Å²) in [6.45, 7) is 5.42. The standard InChI is InChI=1S/C13H19N3O3/c1-10(17)16-5-3-15(4-6-16)9-11-7-12(18)13(19-2)8-14-11/h7-8H,3-6,9H2,1-2H3,(H,14,18). The van der Waals surface area contributed by atoms with Crippen LogP contribution in [0, 0.1) is 0 Å². The number of carbonyl (C=O) groups excluding carboxylic acids is 1. The van der Waals surface area contributed by atoms with E-state index in [0.29, 0.717) is 12.3 Å². The quantitative estimate of drug-likeness (QED) is 0.838. The van der Waals surface area contributed by atoms with E-state index in [-0.39, 0.29) is 11.3 Å². The van der Waals surface area contributed by atoms with Gasteiger partial charge in [-0.15, -0.1) is 0 Å². The number of carbonyl (C=O) groups is 1. The summed E-state index contributed by atoms with van der Waals surface area (Å²) in [6.07, 6.45) is 1.59. The van der Waals surface area contributed by atoms with Gasteiger partial charge in [-0.2, -0.15) is 0 Å². The Balaban J connectivity index is 1.94. The maximum absolute atomic E-state index is 11.6. The van der Waals surface area contributed by atoms with Gasteiger partial charge in [0.2, 0.25) is 11.3 Å². The van der Waals surface area contributed by atoms with Gasteiger partial charge in [-0.3, -0.25) is 14.5 Å². The Kier molecular flexibility index (Phi) is 4.21. The van der Waals surface area contributed by atoms with Crippen molar-refractivity contribution in [2.45, 2.75) is 13.5 Å². The first-order valence-electron chi connectivity index (χ1n) is 6.33. The van der Waals surface area contributed by atoms with Crippen LogP contribution in [-0.2, 0) is 11.3 Å². The van der Waals surface area contributed by atoms with Crippen molar-refractivity contribution in [1.82, 2.24) is 14.8 Å². The van der Waals surface area contributed by atoms with Crippen molar-refractivity contribution >= 4 is 5.91 Å². The van der Waals surface area contributed by atoms with E-state index >= 15 is 0 Å². The third-order valence-corrected chi connectivity index (χ3v) is 3.37. The monoisotopic (exact) mass is 265 g/mol. The van der Waals surface area contributed by atoms with E-state index in [1.165, 1.54) is 7.11 Å². The van der Waals surface area contributed by atoms with Gasteiger partial charge < -0.3 is 14.6 Å². The maximum atomic E-state index is 11.6. The van der Waals surface area contributed by atoms with Gasteiger partial charge in [0.05, 0.1) is 7.11 Å². The maximum Gasteiger partial charge on any atom is 0.223 e. The number of nitrogens with zero attached hydrogens (tertiary/aromatic N) is 2. The van der Waals surface area contributed by atoms with Gasteiger partial charge in [-0.05, 0) is 0 Å². The number of amides is 1. The van der Waals surface area contributed by atoms with Crippen molar-refractivity contribution in [3.8, 4) is 5.75 Å². The zero-order valence-electron chi connectivity index (χ0n) is 11.3.